The number of nitrogens with two attached hydrogens (primary N) is 1. The van der Waals surface area contributed by atoms with Gasteiger partial charge < -0.3 is 16.2 Å². The van der Waals surface area contributed by atoms with Gasteiger partial charge in [-0.15, -0.1) is 0 Å². The SMILES string of the molecule is NCC(Nc1ccc(C(=O)O)c(F)c1F)C1CCCC1. The highest BCUT2D eigenvalue weighted by Gasteiger charge is 2.26. The molecule has 110 valence electrons. The van der Waals surface area contributed by atoms with Crippen molar-refractivity contribution in [3.63, 3.8) is 0 Å². The standard InChI is InChI=1S/C14H18F2N2O2/c15-12-9(14(19)20)5-6-10(13(12)16)18-11(7-17)8-3-1-2-4-8/h5-6,8,11,18H,1-4,7,17H2,(H,19,20). The van der Waals surface area contributed by atoms with E-state index in [1.807, 2.05) is 0 Å². The third-order valence-electron chi connectivity index (χ3n) is 3.88. The van der Waals surface area contributed by atoms with Crippen LogP contribution in [0.3, 0.4) is 0 Å². The van der Waals surface area contributed by atoms with Gasteiger partial charge in [-0.3, -0.25) is 0 Å². The molecule has 1 aliphatic carbocycles. The van der Waals surface area contributed by atoms with E-state index in [2.05, 4.69) is 5.32 Å². The predicted octanol–water partition coefficient (Wildman–Crippen LogP) is 2.59. The van der Waals surface area contributed by atoms with Crippen molar-refractivity contribution in [3.05, 3.63) is 29.3 Å². The second-order valence-corrected chi connectivity index (χ2v) is 5.12. The molecular formula is C14H18F2N2O2. The summed E-state index contributed by atoms with van der Waals surface area (Å²) in [5, 5.41) is 11.6. The van der Waals surface area contributed by atoms with E-state index in [0.29, 0.717) is 12.5 Å². The molecule has 1 unspecified atom stereocenters. The summed E-state index contributed by atoms with van der Waals surface area (Å²) in [6.45, 7) is 0.326. The van der Waals surface area contributed by atoms with E-state index in [0.717, 1.165) is 31.7 Å². The summed E-state index contributed by atoms with van der Waals surface area (Å²) in [5.74, 6) is -3.65. The van der Waals surface area contributed by atoms with Gasteiger partial charge >= 0.3 is 5.97 Å². The summed E-state index contributed by atoms with van der Waals surface area (Å²) >= 11 is 0. The van der Waals surface area contributed by atoms with Gasteiger partial charge in [-0.25, -0.2) is 13.6 Å². The third kappa shape index (κ3) is 2.90. The maximum absolute atomic E-state index is 13.9. The van der Waals surface area contributed by atoms with Gasteiger partial charge in [-0.05, 0) is 30.9 Å². The second kappa shape index (κ2) is 6.17. The first-order chi connectivity index (χ1) is 9.54. The Kier molecular flexibility index (Phi) is 4.54. The summed E-state index contributed by atoms with van der Waals surface area (Å²) < 4.78 is 27.5. The molecular weight excluding hydrogens is 266 g/mol. The molecule has 1 fully saturated rings. The maximum Gasteiger partial charge on any atom is 0.338 e. The van der Waals surface area contributed by atoms with Gasteiger partial charge in [-0.2, -0.15) is 0 Å². The van der Waals surface area contributed by atoms with Gasteiger partial charge in [-0.1, -0.05) is 12.8 Å². The van der Waals surface area contributed by atoms with E-state index in [4.69, 9.17) is 10.8 Å². The van der Waals surface area contributed by atoms with Crippen molar-refractivity contribution in [1.29, 1.82) is 0 Å². The molecule has 0 heterocycles. The van der Waals surface area contributed by atoms with Crippen LogP contribution in [0.5, 0.6) is 0 Å². The van der Waals surface area contributed by atoms with Crippen LogP contribution in [0, 0.1) is 17.6 Å². The molecule has 0 radical (unpaired) electrons. The van der Waals surface area contributed by atoms with Crippen LogP contribution in [0.1, 0.15) is 36.0 Å². The quantitative estimate of drug-likeness (QED) is 0.777. The average molecular weight is 284 g/mol. The molecule has 1 atom stereocenters. The minimum absolute atomic E-state index is 0.0325. The molecule has 1 saturated carbocycles. The summed E-state index contributed by atoms with van der Waals surface area (Å²) in [4.78, 5) is 10.7. The first-order valence-corrected chi connectivity index (χ1v) is 6.72. The van der Waals surface area contributed by atoms with Crippen LogP contribution in [0.2, 0.25) is 0 Å². The number of hydrogen-bond donors (Lipinski definition) is 3. The number of hydrogen-bond acceptors (Lipinski definition) is 3. The van der Waals surface area contributed by atoms with Crippen LogP contribution in [0.25, 0.3) is 0 Å². The number of carboxylic acids is 1. The molecule has 0 amide bonds. The van der Waals surface area contributed by atoms with Gasteiger partial charge in [0.1, 0.15) is 0 Å². The first kappa shape index (κ1) is 14.7. The average Bonchev–Trinajstić information content (AvgIpc) is 2.94. The number of aromatic carboxylic acids is 1. The molecule has 1 aliphatic rings. The largest absolute Gasteiger partial charge is 0.478 e. The Labute approximate surface area is 116 Å². The molecule has 4 nitrogen and oxygen atoms in total. The Morgan fingerprint density at radius 3 is 2.55 bits per heavy atom. The predicted molar refractivity (Wildman–Crippen MR) is 71.7 cm³/mol. The van der Waals surface area contributed by atoms with Crippen molar-refractivity contribution in [2.24, 2.45) is 11.7 Å². The molecule has 0 spiro atoms. The Morgan fingerprint density at radius 2 is 2.00 bits per heavy atom. The molecule has 0 bridgehead atoms. The van der Waals surface area contributed by atoms with Crippen molar-refractivity contribution < 1.29 is 18.7 Å². The third-order valence-corrected chi connectivity index (χ3v) is 3.88. The van der Waals surface area contributed by atoms with Crippen molar-refractivity contribution in [3.8, 4) is 0 Å². The zero-order chi connectivity index (χ0) is 14.7. The number of anilines is 1. The van der Waals surface area contributed by atoms with Gasteiger partial charge in [0.15, 0.2) is 11.6 Å². The smallest absolute Gasteiger partial charge is 0.338 e. The fraction of sp³-hybridized carbons (Fsp3) is 0.500. The molecule has 1 aromatic carbocycles. The number of benzene rings is 1. The number of nitrogens with one attached hydrogen (secondary N) is 1. The lowest BCUT2D eigenvalue weighted by molar-refractivity contribution is 0.0690. The van der Waals surface area contributed by atoms with Crippen LogP contribution >= 0.6 is 0 Å². The Bertz CT molecular complexity index is 502. The lowest BCUT2D eigenvalue weighted by Crippen LogP contribution is -2.35. The van der Waals surface area contributed by atoms with E-state index in [-0.39, 0.29) is 11.7 Å². The number of halogens is 2. The first-order valence-electron chi connectivity index (χ1n) is 6.72. The van der Waals surface area contributed by atoms with E-state index in [9.17, 15) is 13.6 Å². The number of carbonyl (C=O) groups is 1. The van der Waals surface area contributed by atoms with Crippen molar-refractivity contribution >= 4 is 11.7 Å². The van der Waals surface area contributed by atoms with Crippen molar-refractivity contribution in [2.45, 2.75) is 31.7 Å². The molecule has 0 aliphatic heterocycles. The minimum Gasteiger partial charge on any atom is -0.478 e. The zero-order valence-corrected chi connectivity index (χ0v) is 11.0. The number of carboxylic acid groups (broad SMARTS) is 1. The van der Waals surface area contributed by atoms with Gasteiger partial charge in [0.05, 0.1) is 11.3 Å². The van der Waals surface area contributed by atoms with Crippen LogP contribution in [-0.2, 0) is 0 Å². The topological polar surface area (TPSA) is 75.3 Å². The van der Waals surface area contributed by atoms with E-state index in [1.165, 1.54) is 6.07 Å². The summed E-state index contributed by atoms with van der Waals surface area (Å²) in [6.07, 6.45) is 4.29. The van der Waals surface area contributed by atoms with Crippen LogP contribution < -0.4 is 11.1 Å². The monoisotopic (exact) mass is 284 g/mol. The highest BCUT2D eigenvalue weighted by atomic mass is 19.2. The second-order valence-electron chi connectivity index (χ2n) is 5.12. The maximum atomic E-state index is 13.9. The molecule has 2 rings (SSSR count). The van der Waals surface area contributed by atoms with Crippen LogP contribution in [-0.4, -0.2) is 23.7 Å². The molecule has 1 aromatic rings. The number of rotatable bonds is 5. The van der Waals surface area contributed by atoms with Gasteiger partial charge in [0, 0.05) is 12.6 Å². The molecule has 6 heteroatoms. The lowest BCUT2D eigenvalue weighted by atomic mass is 9.97. The Hall–Kier alpha value is -1.69. The van der Waals surface area contributed by atoms with Gasteiger partial charge in [0.25, 0.3) is 0 Å². The summed E-state index contributed by atoms with van der Waals surface area (Å²) in [6, 6.07) is 2.19. The highest BCUT2D eigenvalue weighted by molar-refractivity contribution is 5.88. The normalized spacial score (nSPS) is 17.1. The van der Waals surface area contributed by atoms with E-state index >= 15 is 0 Å². The Balaban J connectivity index is 2.20. The van der Waals surface area contributed by atoms with Crippen molar-refractivity contribution in [2.75, 3.05) is 11.9 Å². The molecule has 0 aromatic heterocycles. The van der Waals surface area contributed by atoms with Crippen LogP contribution in [0.15, 0.2) is 12.1 Å². The summed E-state index contributed by atoms with van der Waals surface area (Å²) in [5.41, 5.74) is 4.99. The highest BCUT2D eigenvalue weighted by Crippen LogP contribution is 2.30. The van der Waals surface area contributed by atoms with E-state index in [1.54, 1.807) is 0 Å². The minimum atomic E-state index is -1.49. The molecule has 20 heavy (non-hydrogen) atoms. The van der Waals surface area contributed by atoms with Gasteiger partial charge in [0.2, 0.25) is 0 Å². The molecule has 4 N–H and O–H groups in total. The van der Waals surface area contributed by atoms with E-state index < -0.39 is 23.2 Å². The fourth-order valence-electron chi connectivity index (χ4n) is 2.75. The Morgan fingerprint density at radius 1 is 1.35 bits per heavy atom. The van der Waals surface area contributed by atoms with Crippen LogP contribution in [0.4, 0.5) is 14.5 Å². The fourth-order valence-corrected chi connectivity index (χ4v) is 2.75. The lowest BCUT2D eigenvalue weighted by Gasteiger charge is -2.24. The molecule has 0 saturated heterocycles. The van der Waals surface area contributed by atoms with Crippen molar-refractivity contribution in [1.82, 2.24) is 0 Å². The zero-order valence-electron chi connectivity index (χ0n) is 11.0. The summed E-state index contributed by atoms with van der Waals surface area (Å²) in [7, 11) is 0.